The summed E-state index contributed by atoms with van der Waals surface area (Å²) in [6, 6.07) is 0.700. The molecule has 3 heterocycles. The predicted molar refractivity (Wildman–Crippen MR) is 86.1 cm³/mol. The van der Waals surface area contributed by atoms with Crippen LogP contribution in [0.15, 0.2) is 12.4 Å². The number of hydrogen-bond donors (Lipinski definition) is 1. The first-order chi connectivity index (χ1) is 10.5. The van der Waals surface area contributed by atoms with Crippen molar-refractivity contribution in [1.82, 2.24) is 19.8 Å². The first kappa shape index (κ1) is 15.0. The number of nitrogens with zero attached hydrogens (tertiary/aromatic N) is 5. The topological polar surface area (TPSA) is 64.6 Å². The zero-order valence-corrected chi connectivity index (χ0v) is 13.5. The Labute approximate surface area is 131 Å². The van der Waals surface area contributed by atoms with E-state index in [1.165, 1.54) is 19.4 Å². The van der Waals surface area contributed by atoms with Crippen LogP contribution in [0.25, 0.3) is 0 Å². The summed E-state index contributed by atoms with van der Waals surface area (Å²) in [7, 11) is 3.77. The average Bonchev–Trinajstić information content (AvgIpc) is 2.94. The van der Waals surface area contributed by atoms with E-state index >= 15 is 0 Å². The van der Waals surface area contributed by atoms with Crippen molar-refractivity contribution in [3.05, 3.63) is 12.4 Å². The number of amides is 2. The lowest BCUT2D eigenvalue weighted by Gasteiger charge is -2.42. The zero-order valence-electron chi connectivity index (χ0n) is 13.5. The standard InChI is InChI=1S/C15H24N6O/c1-11-9-20-6-4-5-13(20)10-21(11)15(22)18-12-7-16-14(17-8-12)19(2)3/h7-8,11,13H,4-6,9-10H2,1-3H3,(H,18,22)/t11-,13-/m1/s1. The fourth-order valence-electron chi connectivity index (χ4n) is 3.28. The molecule has 120 valence electrons. The molecule has 1 N–H and O–H groups in total. The summed E-state index contributed by atoms with van der Waals surface area (Å²) in [5.74, 6) is 0.630. The van der Waals surface area contributed by atoms with Gasteiger partial charge in [-0.05, 0) is 26.3 Å². The van der Waals surface area contributed by atoms with Crippen molar-refractivity contribution in [2.45, 2.75) is 31.8 Å². The van der Waals surface area contributed by atoms with Gasteiger partial charge in [0.1, 0.15) is 0 Å². The van der Waals surface area contributed by atoms with Crippen molar-refractivity contribution in [3.8, 4) is 0 Å². The molecule has 0 aliphatic carbocycles. The maximum absolute atomic E-state index is 12.5. The van der Waals surface area contributed by atoms with Crippen LogP contribution in [-0.4, -0.2) is 71.6 Å². The van der Waals surface area contributed by atoms with Crippen LogP contribution in [-0.2, 0) is 0 Å². The third-order valence-electron chi connectivity index (χ3n) is 4.49. The zero-order chi connectivity index (χ0) is 15.7. The third-order valence-corrected chi connectivity index (χ3v) is 4.49. The molecule has 0 spiro atoms. The van der Waals surface area contributed by atoms with Gasteiger partial charge < -0.3 is 15.1 Å². The highest BCUT2D eigenvalue weighted by Gasteiger charge is 2.36. The lowest BCUT2D eigenvalue weighted by Crippen LogP contribution is -2.57. The molecule has 7 nitrogen and oxygen atoms in total. The molecule has 0 unspecified atom stereocenters. The molecule has 2 fully saturated rings. The van der Waals surface area contributed by atoms with Crippen LogP contribution in [0.2, 0.25) is 0 Å². The Bertz CT molecular complexity index is 531. The van der Waals surface area contributed by atoms with Gasteiger partial charge in [-0.2, -0.15) is 0 Å². The molecule has 2 saturated heterocycles. The summed E-state index contributed by atoms with van der Waals surface area (Å²) >= 11 is 0. The van der Waals surface area contributed by atoms with E-state index in [2.05, 4.69) is 27.1 Å². The quantitative estimate of drug-likeness (QED) is 0.890. The second-order valence-electron chi connectivity index (χ2n) is 6.39. The molecule has 0 aromatic carbocycles. The molecule has 2 aliphatic heterocycles. The molecule has 0 radical (unpaired) electrons. The van der Waals surface area contributed by atoms with Crippen molar-refractivity contribution >= 4 is 17.7 Å². The highest BCUT2D eigenvalue weighted by molar-refractivity contribution is 5.89. The van der Waals surface area contributed by atoms with E-state index in [1.54, 1.807) is 12.4 Å². The largest absolute Gasteiger partial charge is 0.347 e. The van der Waals surface area contributed by atoms with E-state index in [0.717, 1.165) is 13.1 Å². The van der Waals surface area contributed by atoms with Gasteiger partial charge in [0.15, 0.2) is 0 Å². The Kier molecular flexibility index (Phi) is 4.15. The summed E-state index contributed by atoms with van der Waals surface area (Å²) in [6.07, 6.45) is 5.73. The number of urea groups is 1. The summed E-state index contributed by atoms with van der Waals surface area (Å²) in [4.78, 5) is 27.2. The van der Waals surface area contributed by atoms with Gasteiger partial charge in [0.2, 0.25) is 5.95 Å². The Balaban J connectivity index is 1.63. The Morgan fingerprint density at radius 2 is 2.05 bits per heavy atom. The summed E-state index contributed by atoms with van der Waals surface area (Å²) in [5, 5.41) is 2.91. The maximum atomic E-state index is 12.5. The second kappa shape index (κ2) is 6.08. The molecule has 2 amide bonds. The minimum Gasteiger partial charge on any atom is -0.347 e. The summed E-state index contributed by atoms with van der Waals surface area (Å²) in [6.45, 7) is 5.06. The van der Waals surface area contributed by atoms with Crippen molar-refractivity contribution in [2.24, 2.45) is 0 Å². The fraction of sp³-hybridized carbons (Fsp3) is 0.667. The Morgan fingerprint density at radius 1 is 1.32 bits per heavy atom. The number of rotatable bonds is 2. The molecule has 22 heavy (non-hydrogen) atoms. The number of nitrogens with one attached hydrogen (secondary N) is 1. The van der Waals surface area contributed by atoms with Gasteiger partial charge in [-0.25, -0.2) is 14.8 Å². The third kappa shape index (κ3) is 2.99. The van der Waals surface area contributed by atoms with E-state index in [0.29, 0.717) is 17.7 Å². The van der Waals surface area contributed by atoms with Crippen LogP contribution in [0.5, 0.6) is 0 Å². The molecule has 2 aliphatic rings. The SMILES string of the molecule is C[C@@H]1CN2CCC[C@@H]2CN1C(=O)Nc1cnc(N(C)C)nc1. The van der Waals surface area contributed by atoms with Crippen molar-refractivity contribution in [3.63, 3.8) is 0 Å². The van der Waals surface area contributed by atoms with Crippen LogP contribution in [0.4, 0.5) is 16.4 Å². The molecule has 1 aromatic rings. The lowest BCUT2D eigenvalue weighted by molar-refractivity contribution is 0.0861. The van der Waals surface area contributed by atoms with Crippen LogP contribution >= 0.6 is 0 Å². The fourth-order valence-corrected chi connectivity index (χ4v) is 3.28. The van der Waals surface area contributed by atoms with E-state index < -0.39 is 0 Å². The molecule has 0 saturated carbocycles. The van der Waals surface area contributed by atoms with Gasteiger partial charge in [0, 0.05) is 39.3 Å². The van der Waals surface area contributed by atoms with E-state index in [9.17, 15) is 4.79 Å². The number of anilines is 2. The highest BCUT2D eigenvalue weighted by Crippen LogP contribution is 2.25. The van der Waals surface area contributed by atoms with Crippen molar-refractivity contribution < 1.29 is 4.79 Å². The number of aromatic nitrogens is 2. The van der Waals surface area contributed by atoms with Crippen LogP contribution in [0.1, 0.15) is 19.8 Å². The molecular weight excluding hydrogens is 280 g/mol. The number of carbonyl (C=O) groups excluding carboxylic acids is 1. The van der Waals surface area contributed by atoms with E-state index in [-0.39, 0.29) is 12.1 Å². The van der Waals surface area contributed by atoms with Gasteiger partial charge in [0.25, 0.3) is 0 Å². The number of carbonyl (C=O) groups is 1. The van der Waals surface area contributed by atoms with Gasteiger partial charge >= 0.3 is 6.03 Å². The molecule has 7 heteroatoms. The van der Waals surface area contributed by atoms with E-state index in [1.807, 2.05) is 23.9 Å². The molecular formula is C15H24N6O. The van der Waals surface area contributed by atoms with Crippen molar-refractivity contribution in [1.29, 1.82) is 0 Å². The summed E-state index contributed by atoms with van der Waals surface area (Å²) in [5.41, 5.74) is 0.636. The number of fused-ring (bicyclic) bond motifs is 1. The van der Waals surface area contributed by atoms with Crippen LogP contribution in [0, 0.1) is 0 Å². The normalized spacial score (nSPS) is 25.0. The first-order valence-electron chi connectivity index (χ1n) is 7.85. The minimum absolute atomic E-state index is 0.0553. The maximum Gasteiger partial charge on any atom is 0.322 e. The number of piperazine rings is 1. The molecule has 3 rings (SSSR count). The van der Waals surface area contributed by atoms with Gasteiger partial charge in [0.05, 0.1) is 18.1 Å². The smallest absolute Gasteiger partial charge is 0.322 e. The average molecular weight is 304 g/mol. The molecule has 0 bridgehead atoms. The monoisotopic (exact) mass is 304 g/mol. The number of hydrogen-bond acceptors (Lipinski definition) is 5. The first-order valence-corrected chi connectivity index (χ1v) is 7.85. The van der Waals surface area contributed by atoms with E-state index in [4.69, 9.17) is 0 Å². The van der Waals surface area contributed by atoms with Gasteiger partial charge in [-0.15, -0.1) is 0 Å². The minimum atomic E-state index is -0.0553. The molecule has 1 aromatic heterocycles. The van der Waals surface area contributed by atoms with Gasteiger partial charge in [-0.3, -0.25) is 4.90 Å². The predicted octanol–water partition coefficient (Wildman–Crippen LogP) is 1.24. The van der Waals surface area contributed by atoms with Crippen LogP contribution < -0.4 is 10.2 Å². The Morgan fingerprint density at radius 3 is 2.73 bits per heavy atom. The van der Waals surface area contributed by atoms with Crippen molar-refractivity contribution in [2.75, 3.05) is 43.9 Å². The lowest BCUT2D eigenvalue weighted by atomic mass is 10.1. The second-order valence-corrected chi connectivity index (χ2v) is 6.39. The Hall–Kier alpha value is -1.89. The molecule has 2 atom stereocenters. The highest BCUT2D eigenvalue weighted by atomic mass is 16.2. The van der Waals surface area contributed by atoms with Crippen LogP contribution in [0.3, 0.4) is 0 Å². The summed E-state index contributed by atoms with van der Waals surface area (Å²) < 4.78 is 0. The van der Waals surface area contributed by atoms with Gasteiger partial charge in [-0.1, -0.05) is 0 Å².